The second-order valence-corrected chi connectivity index (χ2v) is 9.19. The van der Waals surface area contributed by atoms with Crippen LogP contribution < -0.4 is 0 Å². The second-order valence-electron chi connectivity index (χ2n) is 8.31. The average molecular weight is 429 g/mol. The van der Waals surface area contributed by atoms with Crippen molar-refractivity contribution in [2.45, 2.75) is 25.3 Å². The molecule has 7 heteroatoms. The number of rotatable bonds is 4. The molecule has 6 nitrogen and oxygen atoms in total. The number of aromatic nitrogens is 5. The molecule has 4 heterocycles. The first-order valence-corrected chi connectivity index (χ1v) is 11.7. The van der Waals surface area contributed by atoms with Crippen molar-refractivity contribution in [2.24, 2.45) is 7.05 Å². The fraction of sp³-hybridized carbons (Fsp3) is 0.292. The first-order chi connectivity index (χ1) is 15.2. The Labute approximate surface area is 184 Å². The number of H-pyrrole nitrogens is 1. The Kier molecular flexibility index (Phi) is 4.58. The van der Waals surface area contributed by atoms with E-state index in [9.17, 15) is 0 Å². The SMILES string of the molecule is Cn1c(-c2csc(C3CCN(Cc4nc5ccccc5[nH]4)CC3)n2)nc2ccccc21. The Morgan fingerprint density at radius 3 is 2.55 bits per heavy atom. The monoisotopic (exact) mass is 428 g/mol. The van der Waals surface area contributed by atoms with E-state index in [0.29, 0.717) is 5.92 Å². The van der Waals surface area contributed by atoms with E-state index in [1.54, 1.807) is 11.3 Å². The molecule has 0 unspecified atom stereocenters. The van der Waals surface area contributed by atoms with Gasteiger partial charge in [-0.2, -0.15) is 0 Å². The molecule has 2 aromatic carbocycles. The van der Waals surface area contributed by atoms with Gasteiger partial charge in [0.05, 0.1) is 33.6 Å². The standard InChI is InChI=1S/C24H24N6S/c1-29-21-9-5-4-8-19(21)27-23(29)20-15-31-24(28-20)16-10-12-30(13-11-16)14-22-25-17-6-2-3-7-18(17)26-22/h2-9,15-16H,10-14H2,1H3,(H,25,26). The molecule has 0 spiro atoms. The molecule has 0 amide bonds. The van der Waals surface area contributed by atoms with E-state index in [1.165, 1.54) is 5.01 Å². The number of aromatic amines is 1. The minimum absolute atomic E-state index is 0.528. The number of thiazole rings is 1. The van der Waals surface area contributed by atoms with Crippen LogP contribution in [0.15, 0.2) is 53.9 Å². The summed E-state index contributed by atoms with van der Waals surface area (Å²) in [5.74, 6) is 2.53. The maximum atomic E-state index is 5.00. The average Bonchev–Trinajstić information content (AvgIpc) is 3.51. The number of hydrogen-bond acceptors (Lipinski definition) is 5. The van der Waals surface area contributed by atoms with Gasteiger partial charge in [0.25, 0.3) is 0 Å². The molecule has 0 bridgehead atoms. The van der Waals surface area contributed by atoms with Gasteiger partial charge in [-0.3, -0.25) is 4.90 Å². The number of fused-ring (bicyclic) bond motifs is 2. The van der Waals surface area contributed by atoms with Crippen molar-refractivity contribution in [1.29, 1.82) is 0 Å². The molecule has 3 aromatic heterocycles. The van der Waals surface area contributed by atoms with Crippen LogP contribution in [0.1, 0.15) is 29.6 Å². The predicted octanol–water partition coefficient (Wildman–Crippen LogP) is 4.95. The summed E-state index contributed by atoms with van der Waals surface area (Å²) in [6.45, 7) is 3.02. The Hall–Kier alpha value is -3.03. The van der Waals surface area contributed by atoms with Crippen molar-refractivity contribution < 1.29 is 0 Å². The van der Waals surface area contributed by atoms with Gasteiger partial charge in [-0.1, -0.05) is 24.3 Å². The van der Waals surface area contributed by atoms with Crippen LogP contribution in [0, 0.1) is 0 Å². The highest BCUT2D eigenvalue weighted by atomic mass is 32.1. The number of nitrogens with one attached hydrogen (secondary N) is 1. The quantitative estimate of drug-likeness (QED) is 0.440. The van der Waals surface area contributed by atoms with Gasteiger partial charge in [-0.15, -0.1) is 11.3 Å². The van der Waals surface area contributed by atoms with Crippen LogP contribution in [-0.4, -0.2) is 42.5 Å². The lowest BCUT2D eigenvalue weighted by Crippen LogP contribution is -2.32. The summed E-state index contributed by atoms with van der Waals surface area (Å²) >= 11 is 1.78. The van der Waals surface area contributed by atoms with Crippen LogP contribution in [0.2, 0.25) is 0 Å². The van der Waals surface area contributed by atoms with E-state index in [4.69, 9.17) is 15.0 Å². The topological polar surface area (TPSA) is 62.6 Å². The Morgan fingerprint density at radius 1 is 0.968 bits per heavy atom. The maximum Gasteiger partial charge on any atom is 0.160 e. The number of imidazole rings is 2. The molecule has 1 aliphatic rings. The van der Waals surface area contributed by atoms with Crippen LogP contribution in [-0.2, 0) is 13.6 Å². The minimum atomic E-state index is 0.528. The summed E-state index contributed by atoms with van der Waals surface area (Å²) in [4.78, 5) is 20.5. The van der Waals surface area contributed by atoms with Crippen molar-refractivity contribution >= 4 is 33.4 Å². The summed E-state index contributed by atoms with van der Waals surface area (Å²) in [6, 6.07) is 16.5. The molecule has 1 saturated heterocycles. The summed E-state index contributed by atoms with van der Waals surface area (Å²) in [5.41, 5.74) is 5.32. The molecule has 1 N–H and O–H groups in total. The Balaban J connectivity index is 1.14. The van der Waals surface area contributed by atoms with E-state index in [2.05, 4.69) is 57.2 Å². The highest BCUT2D eigenvalue weighted by Gasteiger charge is 2.24. The number of nitrogens with zero attached hydrogens (tertiary/aromatic N) is 5. The normalized spacial score (nSPS) is 15.9. The number of para-hydroxylation sites is 4. The van der Waals surface area contributed by atoms with Gasteiger partial charge < -0.3 is 9.55 Å². The number of benzene rings is 2. The molecule has 0 aliphatic carbocycles. The summed E-state index contributed by atoms with van der Waals surface area (Å²) in [6.07, 6.45) is 2.27. The minimum Gasteiger partial charge on any atom is -0.341 e. The van der Waals surface area contributed by atoms with Crippen molar-refractivity contribution in [3.05, 3.63) is 64.7 Å². The van der Waals surface area contributed by atoms with Crippen molar-refractivity contribution in [1.82, 2.24) is 29.4 Å². The zero-order valence-electron chi connectivity index (χ0n) is 17.5. The zero-order chi connectivity index (χ0) is 20.8. The molecule has 0 saturated carbocycles. The number of piperidine rings is 1. The van der Waals surface area contributed by atoms with Crippen molar-refractivity contribution in [3.8, 4) is 11.5 Å². The molecule has 1 fully saturated rings. The molecule has 0 radical (unpaired) electrons. The molecule has 156 valence electrons. The first kappa shape index (κ1) is 18.7. The van der Waals surface area contributed by atoms with Crippen molar-refractivity contribution in [3.63, 3.8) is 0 Å². The lowest BCUT2D eigenvalue weighted by atomic mass is 9.97. The van der Waals surface area contributed by atoms with Gasteiger partial charge in [-0.05, 0) is 50.2 Å². The smallest absolute Gasteiger partial charge is 0.160 e. The van der Waals surface area contributed by atoms with E-state index in [1.807, 2.05) is 18.2 Å². The van der Waals surface area contributed by atoms with Gasteiger partial charge in [0.15, 0.2) is 5.82 Å². The Morgan fingerprint density at radius 2 is 1.74 bits per heavy atom. The third-order valence-corrected chi connectivity index (χ3v) is 7.29. The van der Waals surface area contributed by atoms with Crippen LogP contribution in [0.3, 0.4) is 0 Å². The number of aryl methyl sites for hydroxylation is 1. The molecule has 5 aromatic rings. The molecule has 0 atom stereocenters. The Bertz CT molecular complexity index is 1320. The molecule has 1 aliphatic heterocycles. The molecule has 31 heavy (non-hydrogen) atoms. The van der Waals surface area contributed by atoms with Crippen LogP contribution >= 0.6 is 11.3 Å². The van der Waals surface area contributed by atoms with Gasteiger partial charge in [0.2, 0.25) is 0 Å². The highest BCUT2D eigenvalue weighted by Crippen LogP contribution is 2.33. The van der Waals surface area contributed by atoms with Gasteiger partial charge in [-0.25, -0.2) is 15.0 Å². The lowest BCUT2D eigenvalue weighted by Gasteiger charge is -2.30. The van der Waals surface area contributed by atoms with Crippen LogP contribution in [0.5, 0.6) is 0 Å². The lowest BCUT2D eigenvalue weighted by molar-refractivity contribution is 0.201. The predicted molar refractivity (Wildman–Crippen MR) is 125 cm³/mol. The number of hydrogen-bond donors (Lipinski definition) is 1. The zero-order valence-corrected chi connectivity index (χ0v) is 18.3. The third kappa shape index (κ3) is 3.43. The maximum absolute atomic E-state index is 5.00. The van der Waals surface area contributed by atoms with E-state index in [0.717, 1.165) is 71.9 Å². The summed E-state index contributed by atoms with van der Waals surface area (Å²) in [5, 5.41) is 3.41. The van der Waals surface area contributed by atoms with Gasteiger partial charge in [0.1, 0.15) is 11.5 Å². The van der Waals surface area contributed by atoms with Gasteiger partial charge in [0, 0.05) is 18.3 Å². The first-order valence-electron chi connectivity index (χ1n) is 10.8. The summed E-state index contributed by atoms with van der Waals surface area (Å²) < 4.78 is 2.14. The largest absolute Gasteiger partial charge is 0.341 e. The fourth-order valence-corrected chi connectivity index (χ4v) is 5.55. The van der Waals surface area contributed by atoms with Gasteiger partial charge >= 0.3 is 0 Å². The van der Waals surface area contributed by atoms with E-state index in [-0.39, 0.29) is 0 Å². The van der Waals surface area contributed by atoms with Crippen LogP contribution in [0.25, 0.3) is 33.6 Å². The highest BCUT2D eigenvalue weighted by molar-refractivity contribution is 7.10. The van der Waals surface area contributed by atoms with E-state index >= 15 is 0 Å². The number of likely N-dealkylation sites (tertiary alicyclic amines) is 1. The summed E-state index contributed by atoms with van der Waals surface area (Å²) in [7, 11) is 2.07. The fourth-order valence-electron chi connectivity index (χ4n) is 4.58. The molecule has 6 rings (SSSR count). The molecular weight excluding hydrogens is 404 g/mol. The second kappa shape index (κ2) is 7.59. The van der Waals surface area contributed by atoms with Crippen molar-refractivity contribution in [2.75, 3.05) is 13.1 Å². The third-order valence-electron chi connectivity index (χ3n) is 6.29. The van der Waals surface area contributed by atoms with E-state index < -0.39 is 0 Å². The van der Waals surface area contributed by atoms with Crippen LogP contribution in [0.4, 0.5) is 0 Å². The molecular formula is C24H24N6S.